The van der Waals surface area contributed by atoms with Gasteiger partial charge >= 0.3 is 0 Å². The normalized spacial score (nSPS) is 24.6. The molecule has 0 bridgehead atoms. The van der Waals surface area contributed by atoms with Crippen LogP contribution in [0.1, 0.15) is 34.0 Å². The lowest BCUT2D eigenvalue weighted by Gasteiger charge is -2.35. The van der Waals surface area contributed by atoms with Crippen molar-refractivity contribution in [3.63, 3.8) is 0 Å². The number of methoxy groups -OCH3 is 1. The molecule has 0 saturated carbocycles. The number of morpholine rings is 1. The average Bonchev–Trinajstić information content (AvgIpc) is 3.10. The number of ether oxygens (including phenoxy) is 2. The molecule has 3 unspecified atom stereocenters. The summed E-state index contributed by atoms with van der Waals surface area (Å²) in [4.78, 5) is 15.1. The molecule has 0 radical (unpaired) electrons. The highest BCUT2D eigenvalue weighted by atomic mass is 35.5. The maximum absolute atomic E-state index is 12.7. The Labute approximate surface area is 170 Å². The number of nitrogens with zero attached hydrogens (tertiary/aromatic N) is 1. The molecule has 148 valence electrons. The molecule has 0 spiro atoms. The van der Waals surface area contributed by atoms with Gasteiger partial charge in [-0.25, -0.2) is 0 Å². The van der Waals surface area contributed by atoms with Gasteiger partial charge in [0.05, 0.1) is 19.8 Å². The van der Waals surface area contributed by atoms with Crippen molar-refractivity contribution >= 4 is 17.5 Å². The zero-order valence-corrected chi connectivity index (χ0v) is 16.9. The van der Waals surface area contributed by atoms with Crippen molar-refractivity contribution in [1.82, 2.24) is 10.2 Å². The van der Waals surface area contributed by atoms with Gasteiger partial charge in [0, 0.05) is 35.8 Å². The molecule has 2 aromatic rings. The Morgan fingerprint density at radius 1 is 1.21 bits per heavy atom. The fourth-order valence-electron chi connectivity index (χ4n) is 4.09. The molecular formula is C22H25ClN2O3. The standard InChI is InChI=1S/C22H25ClN2O3/c1-14-3-4-16(9-20(14)27-2)22(26)24-18-10-19-13-28-21(12-25(19)11-18)15-5-7-17(23)8-6-15/h3-9,18-19,21H,10-13H2,1-2H3,(H,24,26). The lowest BCUT2D eigenvalue weighted by Crippen LogP contribution is -2.43. The third kappa shape index (κ3) is 4.02. The van der Waals surface area contributed by atoms with Crippen LogP contribution in [-0.2, 0) is 4.74 Å². The minimum Gasteiger partial charge on any atom is -0.496 e. The summed E-state index contributed by atoms with van der Waals surface area (Å²) < 4.78 is 11.4. The molecule has 0 aromatic heterocycles. The second kappa shape index (κ2) is 8.11. The Hall–Kier alpha value is -2.08. The SMILES string of the molecule is COc1cc(C(=O)NC2CC3COC(c4ccc(Cl)cc4)CN3C2)ccc1C. The summed E-state index contributed by atoms with van der Waals surface area (Å²) in [5, 5.41) is 3.91. The first-order valence-corrected chi connectivity index (χ1v) is 9.98. The number of halogens is 1. The smallest absolute Gasteiger partial charge is 0.251 e. The Bertz CT molecular complexity index is 855. The third-order valence-corrected chi connectivity index (χ3v) is 5.92. The summed E-state index contributed by atoms with van der Waals surface area (Å²) in [6.07, 6.45) is 0.951. The van der Waals surface area contributed by atoms with Gasteiger partial charge in [-0.2, -0.15) is 0 Å². The van der Waals surface area contributed by atoms with E-state index in [0.29, 0.717) is 18.2 Å². The molecule has 2 aromatic carbocycles. The monoisotopic (exact) mass is 400 g/mol. The third-order valence-electron chi connectivity index (χ3n) is 5.67. The Morgan fingerprint density at radius 3 is 2.75 bits per heavy atom. The molecule has 0 aliphatic carbocycles. The molecule has 5 nitrogen and oxygen atoms in total. The van der Waals surface area contributed by atoms with Crippen LogP contribution in [-0.4, -0.2) is 49.7 Å². The van der Waals surface area contributed by atoms with Gasteiger partial charge < -0.3 is 14.8 Å². The van der Waals surface area contributed by atoms with Gasteiger partial charge in [-0.1, -0.05) is 29.8 Å². The topological polar surface area (TPSA) is 50.8 Å². The summed E-state index contributed by atoms with van der Waals surface area (Å²) in [7, 11) is 1.62. The zero-order valence-electron chi connectivity index (χ0n) is 16.2. The zero-order chi connectivity index (χ0) is 19.7. The van der Waals surface area contributed by atoms with Crippen LogP contribution in [0.15, 0.2) is 42.5 Å². The van der Waals surface area contributed by atoms with Crippen LogP contribution in [0.2, 0.25) is 5.02 Å². The summed E-state index contributed by atoms with van der Waals surface area (Å²) in [5.41, 5.74) is 2.78. The fraction of sp³-hybridized carbons (Fsp3) is 0.409. The minimum absolute atomic E-state index is 0.0457. The predicted octanol–water partition coefficient (Wildman–Crippen LogP) is 3.60. The number of aryl methyl sites for hydroxylation is 1. The predicted molar refractivity (Wildman–Crippen MR) is 109 cm³/mol. The molecule has 2 aliphatic rings. The van der Waals surface area contributed by atoms with Crippen LogP contribution in [0.5, 0.6) is 5.75 Å². The number of amides is 1. The van der Waals surface area contributed by atoms with E-state index in [9.17, 15) is 4.79 Å². The van der Waals surface area contributed by atoms with Crippen LogP contribution < -0.4 is 10.1 Å². The van der Waals surface area contributed by atoms with E-state index in [0.717, 1.165) is 41.4 Å². The number of carbonyl (C=O) groups excluding carboxylic acids is 1. The van der Waals surface area contributed by atoms with Gasteiger partial charge in [0.25, 0.3) is 5.91 Å². The molecular weight excluding hydrogens is 376 g/mol. The van der Waals surface area contributed by atoms with Gasteiger partial charge in [-0.05, 0) is 48.7 Å². The number of hydrogen-bond donors (Lipinski definition) is 1. The van der Waals surface area contributed by atoms with E-state index in [1.54, 1.807) is 13.2 Å². The Balaban J connectivity index is 1.37. The second-order valence-electron chi connectivity index (χ2n) is 7.57. The van der Waals surface area contributed by atoms with Gasteiger partial charge in [0.2, 0.25) is 0 Å². The molecule has 6 heteroatoms. The van der Waals surface area contributed by atoms with Gasteiger partial charge in [-0.15, -0.1) is 0 Å². The van der Waals surface area contributed by atoms with Gasteiger partial charge in [0.1, 0.15) is 5.75 Å². The van der Waals surface area contributed by atoms with Crippen molar-refractivity contribution in [1.29, 1.82) is 0 Å². The lowest BCUT2D eigenvalue weighted by molar-refractivity contribution is -0.0502. The van der Waals surface area contributed by atoms with Crippen LogP contribution in [0.4, 0.5) is 0 Å². The van der Waals surface area contributed by atoms with Crippen molar-refractivity contribution in [3.8, 4) is 5.75 Å². The molecule has 1 N–H and O–H groups in total. The Kier molecular flexibility index (Phi) is 5.58. The van der Waals surface area contributed by atoms with E-state index in [1.165, 1.54) is 0 Å². The van der Waals surface area contributed by atoms with Crippen LogP contribution in [0.25, 0.3) is 0 Å². The van der Waals surface area contributed by atoms with E-state index in [2.05, 4.69) is 10.2 Å². The van der Waals surface area contributed by atoms with Crippen LogP contribution in [0, 0.1) is 6.92 Å². The summed E-state index contributed by atoms with van der Waals surface area (Å²) in [6, 6.07) is 13.9. The van der Waals surface area contributed by atoms with E-state index in [4.69, 9.17) is 21.1 Å². The average molecular weight is 401 g/mol. The van der Waals surface area contributed by atoms with Gasteiger partial charge in [-0.3, -0.25) is 9.69 Å². The van der Waals surface area contributed by atoms with Crippen molar-refractivity contribution in [2.45, 2.75) is 31.5 Å². The highest BCUT2D eigenvalue weighted by Crippen LogP contribution is 2.31. The number of fused-ring (bicyclic) bond motifs is 1. The van der Waals surface area contributed by atoms with E-state index in [-0.39, 0.29) is 18.1 Å². The molecule has 1 amide bonds. The largest absolute Gasteiger partial charge is 0.496 e. The molecule has 2 fully saturated rings. The van der Waals surface area contributed by atoms with Crippen molar-refractivity contribution in [2.24, 2.45) is 0 Å². The second-order valence-corrected chi connectivity index (χ2v) is 8.01. The number of carbonyl (C=O) groups is 1. The number of benzene rings is 2. The maximum Gasteiger partial charge on any atom is 0.251 e. The van der Waals surface area contributed by atoms with Crippen molar-refractivity contribution in [3.05, 3.63) is 64.2 Å². The van der Waals surface area contributed by atoms with Crippen LogP contribution >= 0.6 is 11.6 Å². The first kappa shape index (κ1) is 19.2. The highest BCUT2D eigenvalue weighted by Gasteiger charge is 2.38. The molecule has 28 heavy (non-hydrogen) atoms. The Morgan fingerprint density at radius 2 is 2.00 bits per heavy atom. The number of hydrogen-bond acceptors (Lipinski definition) is 4. The highest BCUT2D eigenvalue weighted by molar-refractivity contribution is 6.30. The van der Waals surface area contributed by atoms with E-state index >= 15 is 0 Å². The summed E-state index contributed by atoms with van der Waals surface area (Å²) >= 11 is 5.99. The van der Waals surface area contributed by atoms with E-state index < -0.39 is 0 Å². The molecule has 2 saturated heterocycles. The van der Waals surface area contributed by atoms with Crippen LogP contribution in [0.3, 0.4) is 0 Å². The first-order chi connectivity index (χ1) is 13.5. The number of nitrogens with one attached hydrogen (secondary N) is 1. The van der Waals surface area contributed by atoms with Gasteiger partial charge in [0.15, 0.2) is 0 Å². The minimum atomic E-state index is -0.0571. The molecule has 2 heterocycles. The van der Waals surface area contributed by atoms with Crippen molar-refractivity contribution < 1.29 is 14.3 Å². The molecule has 2 aliphatic heterocycles. The fourth-order valence-corrected chi connectivity index (χ4v) is 4.21. The van der Waals surface area contributed by atoms with E-state index in [1.807, 2.05) is 43.3 Å². The number of rotatable bonds is 4. The summed E-state index contributed by atoms with van der Waals surface area (Å²) in [6.45, 7) is 4.31. The molecule has 3 atom stereocenters. The lowest BCUT2D eigenvalue weighted by atomic mass is 10.1. The quantitative estimate of drug-likeness (QED) is 0.851. The summed E-state index contributed by atoms with van der Waals surface area (Å²) in [5.74, 6) is 0.675. The molecule has 4 rings (SSSR count). The maximum atomic E-state index is 12.7. The first-order valence-electron chi connectivity index (χ1n) is 9.60. The van der Waals surface area contributed by atoms with Crippen molar-refractivity contribution in [2.75, 3.05) is 26.8 Å².